The van der Waals surface area contributed by atoms with Crippen molar-refractivity contribution in [3.63, 3.8) is 0 Å². The third kappa shape index (κ3) is 4.37. The van der Waals surface area contributed by atoms with E-state index in [9.17, 15) is 18.4 Å². The van der Waals surface area contributed by atoms with Crippen LogP contribution in [0.2, 0.25) is 0 Å². The van der Waals surface area contributed by atoms with Gasteiger partial charge in [0.15, 0.2) is 17.3 Å². The van der Waals surface area contributed by atoms with Crippen LogP contribution in [0.4, 0.5) is 8.78 Å². The molecule has 0 saturated carbocycles. The number of carbonyl (C=O) groups is 1. The molecule has 6 nitrogen and oxygen atoms in total. The molecule has 0 atom stereocenters. The molecular weight excluding hydrogens is 382 g/mol. The van der Waals surface area contributed by atoms with Gasteiger partial charge in [0.2, 0.25) is 0 Å². The summed E-state index contributed by atoms with van der Waals surface area (Å²) in [4.78, 5) is 24.3. The maximum atomic E-state index is 12.9. The topological polar surface area (TPSA) is 62.5 Å². The molecule has 0 fully saturated rings. The highest BCUT2D eigenvalue weighted by molar-refractivity contribution is 5.94. The summed E-state index contributed by atoms with van der Waals surface area (Å²) >= 11 is 0. The molecule has 0 spiro atoms. The zero-order valence-corrected chi connectivity index (χ0v) is 16.2. The molecule has 1 aromatic heterocycles. The minimum Gasteiger partial charge on any atom is -0.493 e. The molecule has 0 N–H and O–H groups in total. The number of imidazole rings is 1. The monoisotopic (exact) mass is 402 g/mol. The maximum absolute atomic E-state index is 12.9. The van der Waals surface area contributed by atoms with Gasteiger partial charge in [0, 0.05) is 17.5 Å². The quantitative estimate of drug-likeness (QED) is 0.564. The number of alkyl halides is 2. The van der Waals surface area contributed by atoms with Gasteiger partial charge in [-0.2, -0.15) is 8.78 Å². The largest absolute Gasteiger partial charge is 0.493 e. The summed E-state index contributed by atoms with van der Waals surface area (Å²) in [5, 5.41) is 0. The molecule has 29 heavy (non-hydrogen) atoms. The number of ketones is 1. The zero-order valence-electron chi connectivity index (χ0n) is 16.2. The number of methoxy groups -OCH3 is 1. The lowest BCUT2D eigenvalue weighted by Gasteiger charge is -2.11. The first-order valence-corrected chi connectivity index (χ1v) is 8.82. The Morgan fingerprint density at radius 3 is 2.38 bits per heavy atom. The summed E-state index contributed by atoms with van der Waals surface area (Å²) < 4.78 is 37.5. The van der Waals surface area contributed by atoms with Gasteiger partial charge in [-0.1, -0.05) is 6.07 Å². The summed E-state index contributed by atoms with van der Waals surface area (Å²) in [6.07, 6.45) is 1.71. The molecule has 0 aliphatic rings. The second-order valence-corrected chi connectivity index (χ2v) is 6.48. The Bertz CT molecular complexity index is 1090. The van der Waals surface area contributed by atoms with Crippen LogP contribution in [-0.2, 0) is 6.54 Å². The first-order chi connectivity index (χ1) is 13.8. The van der Waals surface area contributed by atoms with E-state index >= 15 is 0 Å². The molecule has 0 radical (unpaired) electrons. The highest BCUT2D eigenvalue weighted by Gasteiger charge is 2.14. The first kappa shape index (κ1) is 20.3. The molecular formula is C21H20F2N2O4. The predicted octanol–water partition coefficient (Wildman–Crippen LogP) is 3.81. The van der Waals surface area contributed by atoms with Crippen LogP contribution in [-0.4, -0.2) is 28.6 Å². The molecule has 0 unspecified atom stereocenters. The van der Waals surface area contributed by atoms with E-state index in [0.29, 0.717) is 16.8 Å². The second-order valence-electron chi connectivity index (χ2n) is 6.48. The van der Waals surface area contributed by atoms with Crippen LogP contribution in [0, 0.1) is 6.92 Å². The molecule has 0 amide bonds. The Morgan fingerprint density at radius 1 is 1.10 bits per heavy atom. The lowest BCUT2D eigenvalue weighted by molar-refractivity contribution is -0.0512. The van der Waals surface area contributed by atoms with Gasteiger partial charge in [-0.25, -0.2) is 4.79 Å². The van der Waals surface area contributed by atoms with Gasteiger partial charge in [0.1, 0.15) is 0 Å². The third-order valence-electron chi connectivity index (χ3n) is 4.46. The Balaban J connectivity index is 1.91. The highest BCUT2D eigenvalue weighted by atomic mass is 19.3. The second kappa shape index (κ2) is 8.30. The SMILES string of the molecule is COc1cc(Cn2cc(C)n(-c3ccc(C(C)=O)cc3)c2=O)ccc1OC(F)F. The third-order valence-corrected chi connectivity index (χ3v) is 4.46. The van der Waals surface area contributed by atoms with E-state index in [0.717, 1.165) is 5.69 Å². The van der Waals surface area contributed by atoms with E-state index in [-0.39, 0.29) is 29.5 Å². The lowest BCUT2D eigenvalue weighted by Crippen LogP contribution is -2.24. The molecule has 3 rings (SSSR count). The van der Waals surface area contributed by atoms with Gasteiger partial charge in [-0.05, 0) is 55.8 Å². The highest BCUT2D eigenvalue weighted by Crippen LogP contribution is 2.29. The van der Waals surface area contributed by atoms with Gasteiger partial charge in [-0.15, -0.1) is 0 Å². The normalized spacial score (nSPS) is 11.0. The minimum absolute atomic E-state index is 0.0496. The molecule has 0 saturated heterocycles. The fourth-order valence-electron chi connectivity index (χ4n) is 3.09. The van der Waals surface area contributed by atoms with Gasteiger partial charge in [0.05, 0.1) is 19.3 Å². The Morgan fingerprint density at radius 2 is 1.79 bits per heavy atom. The average Bonchev–Trinajstić information content (AvgIpc) is 2.95. The van der Waals surface area contributed by atoms with E-state index in [1.54, 1.807) is 49.5 Å². The predicted molar refractivity (Wildman–Crippen MR) is 103 cm³/mol. The molecule has 3 aromatic rings. The van der Waals surface area contributed by atoms with Crippen LogP contribution < -0.4 is 15.2 Å². The van der Waals surface area contributed by atoms with Crippen LogP contribution >= 0.6 is 0 Å². The Labute approximate surface area is 165 Å². The van der Waals surface area contributed by atoms with Crippen molar-refractivity contribution in [3.05, 3.63) is 76.0 Å². The van der Waals surface area contributed by atoms with Crippen molar-refractivity contribution in [1.29, 1.82) is 0 Å². The molecule has 0 aliphatic carbocycles. The molecule has 2 aromatic carbocycles. The fraction of sp³-hybridized carbons (Fsp3) is 0.238. The summed E-state index contributed by atoms with van der Waals surface area (Å²) in [5.41, 5.74) is 2.36. The number of nitrogens with zero attached hydrogens (tertiary/aromatic N) is 2. The van der Waals surface area contributed by atoms with Crippen molar-refractivity contribution in [1.82, 2.24) is 9.13 Å². The van der Waals surface area contributed by atoms with Crippen LogP contribution in [0.1, 0.15) is 28.5 Å². The number of Topliss-reactive ketones (excluding diaryl/α,β-unsaturated/α-hetero) is 1. The van der Waals surface area contributed by atoms with Crippen molar-refractivity contribution in [3.8, 4) is 17.2 Å². The average molecular weight is 402 g/mol. The number of benzene rings is 2. The molecule has 1 heterocycles. The molecule has 0 aliphatic heterocycles. The molecule has 8 heteroatoms. The van der Waals surface area contributed by atoms with Gasteiger partial charge >= 0.3 is 12.3 Å². The van der Waals surface area contributed by atoms with Gasteiger partial charge < -0.3 is 9.47 Å². The van der Waals surface area contributed by atoms with Crippen molar-refractivity contribution in [2.45, 2.75) is 27.0 Å². The smallest absolute Gasteiger partial charge is 0.387 e. The Kier molecular flexibility index (Phi) is 5.81. The maximum Gasteiger partial charge on any atom is 0.387 e. The van der Waals surface area contributed by atoms with Crippen molar-refractivity contribution < 1.29 is 23.0 Å². The number of aryl methyl sites for hydroxylation is 1. The van der Waals surface area contributed by atoms with Crippen molar-refractivity contribution in [2.24, 2.45) is 0 Å². The number of rotatable bonds is 7. The first-order valence-electron chi connectivity index (χ1n) is 8.82. The Hall–Kier alpha value is -3.42. The van der Waals surface area contributed by atoms with Crippen LogP contribution in [0.3, 0.4) is 0 Å². The number of hydrogen-bond donors (Lipinski definition) is 0. The summed E-state index contributed by atoms with van der Waals surface area (Å²) in [7, 11) is 1.36. The van der Waals surface area contributed by atoms with E-state index in [1.165, 1.54) is 29.2 Å². The summed E-state index contributed by atoms with van der Waals surface area (Å²) in [6.45, 7) is 0.554. The summed E-state index contributed by atoms with van der Waals surface area (Å²) in [5.74, 6) is 0.0381. The molecule has 0 bridgehead atoms. The molecule has 152 valence electrons. The van der Waals surface area contributed by atoms with E-state index < -0.39 is 6.61 Å². The van der Waals surface area contributed by atoms with Crippen molar-refractivity contribution in [2.75, 3.05) is 7.11 Å². The van der Waals surface area contributed by atoms with Crippen molar-refractivity contribution >= 4 is 5.78 Å². The van der Waals surface area contributed by atoms with Crippen LogP contribution in [0.5, 0.6) is 11.5 Å². The lowest BCUT2D eigenvalue weighted by atomic mass is 10.1. The number of aromatic nitrogens is 2. The summed E-state index contributed by atoms with van der Waals surface area (Å²) in [6, 6.07) is 11.3. The van der Waals surface area contributed by atoms with Crippen LogP contribution in [0.25, 0.3) is 5.69 Å². The van der Waals surface area contributed by atoms with Crippen LogP contribution in [0.15, 0.2) is 53.5 Å². The van der Waals surface area contributed by atoms with E-state index in [4.69, 9.17) is 4.74 Å². The number of halogens is 2. The fourth-order valence-corrected chi connectivity index (χ4v) is 3.09. The van der Waals surface area contributed by atoms with Gasteiger partial charge in [-0.3, -0.25) is 13.9 Å². The van der Waals surface area contributed by atoms with E-state index in [1.807, 2.05) is 0 Å². The number of carbonyl (C=O) groups excluding carboxylic acids is 1. The van der Waals surface area contributed by atoms with E-state index in [2.05, 4.69) is 4.74 Å². The minimum atomic E-state index is -2.96. The standard InChI is InChI=1S/C21H20F2N2O4/c1-13-11-24(12-15-4-9-18(29-20(22)23)19(10-15)28-3)21(27)25(13)17-7-5-16(6-8-17)14(2)26/h4-11,20H,12H2,1-3H3. The van der Waals surface area contributed by atoms with Gasteiger partial charge in [0.25, 0.3) is 0 Å². The number of ether oxygens (including phenoxy) is 2. The zero-order chi connectivity index (χ0) is 21.1. The number of hydrogen-bond acceptors (Lipinski definition) is 4.